The minimum absolute atomic E-state index is 0.138. The van der Waals surface area contributed by atoms with Crippen LogP contribution in [-0.2, 0) is 0 Å². The number of nitrogens with zero attached hydrogens (tertiary/aromatic N) is 2. The fraction of sp³-hybridized carbons (Fsp3) is 0.688. The van der Waals surface area contributed by atoms with Crippen LogP contribution < -0.4 is 5.32 Å². The summed E-state index contributed by atoms with van der Waals surface area (Å²) in [6.07, 6.45) is 5.35. The molecule has 2 fully saturated rings. The van der Waals surface area contributed by atoms with E-state index in [4.69, 9.17) is 0 Å². The van der Waals surface area contributed by atoms with Crippen LogP contribution in [0.2, 0.25) is 0 Å². The Bertz CT molecular complexity index is 594. The lowest BCUT2D eigenvalue weighted by Crippen LogP contribution is -2.45. The van der Waals surface area contributed by atoms with Crippen LogP contribution in [0.5, 0.6) is 0 Å². The van der Waals surface area contributed by atoms with Gasteiger partial charge in [0.1, 0.15) is 5.82 Å². The zero-order chi connectivity index (χ0) is 15.4. The minimum atomic E-state index is -0.337. The van der Waals surface area contributed by atoms with E-state index >= 15 is 0 Å². The molecule has 0 amide bonds. The van der Waals surface area contributed by atoms with Crippen LogP contribution in [-0.4, -0.2) is 15.9 Å². The molecule has 0 radical (unpaired) electrons. The molecule has 1 aromatic rings. The molecule has 5 heteroatoms. The van der Waals surface area contributed by atoms with Crippen molar-refractivity contribution >= 4 is 11.5 Å². The summed E-state index contributed by atoms with van der Waals surface area (Å²) in [6.45, 7) is 8.67. The van der Waals surface area contributed by atoms with Crippen LogP contribution in [0, 0.1) is 33.8 Å². The zero-order valence-corrected chi connectivity index (χ0v) is 13.1. The number of hydrogen-bond donors (Lipinski definition) is 1. The van der Waals surface area contributed by atoms with E-state index in [-0.39, 0.29) is 21.4 Å². The molecule has 114 valence electrons. The molecular formula is C16H23N3O2. The topological polar surface area (TPSA) is 68.1 Å². The van der Waals surface area contributed by atoms with Crippen LogP contribution in [0.4, 0.5) is 11.5 Å². The monoisotopic (exact) mass is 289 g/mol. The van der Waals surface area contributed by atoms with Gasteiger partial charge in [0.05, 0.1) is 11.0 Å². The van der Waals surface area contributed by atoms with Crippen molar-refractivity contribution < 1.29 is 4.92 Å². The van der Waals surface area contributed by atoms with E-state index in [0.29, 0.717) is 17.4 Å². The number of nitro groups is 1. The van der Waals surface area contributed by atoms with Crippen molar-refractivity contribution in [3.05, 3.63) is 27.9 Å². The van der Waals surface area contributed by atoms with E-state index in [1.807, 2.05) is 0 Å². The average Bonchev–Trinajstić information content (AvgIpc) is 2.87. The van der Waals surface area contributed by atoms with Gasteiger partial charge in [-0.3, -0.25) is 10.1 Å². The highest BCUT2D eigenvalue weighted by Gasteiger charge is 2.59. The number of aryl methyl sites for hydroxylation is 1. The van der Waals surface area contributed by atoms with E-state index < -0.39 is 0 Å². The number of rotatable bonds is 3. The van der Waals surface area contributed by atoms with Gasteiger partial charge in [-0.05, 0) is 42.9 Å². The van der Waals surface area contributed by atoms with E-state index in [2.05, 4.69) is 31.1 Å². The summed E-state index contributed by atoms with van der Waals surface area (Å²) in [7, 11) is 0. The van der Waals surface area contributed by atoms with Gasteiger partial charge in [0.25, 0.3) is 5.69 Å². The van der Waals surface area contributed by atoms with Gasteiger partial charge in [0.2, 0.25) is 0 Å². The van der Waals surface area contributed by atoms with Gasteiger partial charge in [-0.1, -0.05) is 20.8 Å². The summed E-state index contributed by atoms with van der Waals surface area (Å²) in [4.78, 5) is 15.1. The van der Waals surface area contributed by atoms with Crippen molar-refractivity contribution in [2.45, 2.75) is 53.0 Å². The number of fused-ring (bicyclic) bond motifs is 2. The van der Waals surface area contributed by atoms with Crippen molar-refractivity contribution in [1.82, 2.24) is 4.98 Å². The van der Waals surface area contributed by atoms with Crippen molar-refractivity contribution in [2.75, 3.05) is 5.32 Å². The average molecular weight is 289 g/mol. The third-order valence-electron chi connectivity index (χ3n) is 5.83. The maximum absolute atomic E-state index is 11.1. The number of hydrogen-bond acceptors (Lipinski definition) is 4. The molecule has 2 saturated carbocycles. The molecule has 0 spiro atoms. The zero-order valence-electron chi connectivity index (χ0n) is 13.1. The smallest absolute Gasteiger partial charge is 0.277 e. The van der Waals surface area contributed by atoms with Crippen LogP contribution in [0.1, 0.15) is 45.6 Å². The van der Waals surface area contributed by atoms with Crippen molar-refractivity contribution in [2.24, 2.45) is 16.7 Å². The fourth-order valence-corrected chi connectivity index (χ4v) is 4.60. The third-order valence-corrected chi connectivity index (χ3v) is 5.83. The Balaban J connectivity index is 1.90. The second-order valence-corrected chi connectivity index (χ2v) is 7.61. The lowest BCUT2D eigenvalue weighted by molar-refractivity contribution is -0.385. The maximum Gasteiger partial charge on any atom is 0.277 e. The summed E-state index contributed by atoms with van der Waals surface area (Å²) in [6, 6.07) is 1.89. The van der Waals surface area contributed by atoms with Crippen LogP contribution in [0.15, 0.2) is 12.3 Å². The van der Waals surface area contributed by atoms with Crippen molar-refractivity contribution in [3.8, 4) is 0 Å². The predicted molar refractivity (Wildman–Crippen MR) is 82.3 cm³/mol. The largest absolute Gasteiger partial charge is 0.366 e. The minimum Gasteiger partial charge on any atom is -0.366 e. The standard InChI is InChI=1S/C16H23N3O2/c1-10-9-17-13(7-12(10)19(20)21)18-14-15(2,3)11-5-6-16(14,4)8-11/h7,9,11,14H,5-6,8H2,1-4H3,(H,17,18). The maximum atomic E-state index is 11.1. The molecule has 0 aliphatic heterocycles. The first-order valence-corrected chi connectivity index (χ1v) is 7.61. The molecule has 0 aromatic carbocycles. The van der Waals surface area contributed by atoms with Gasteiger partial charge >= 0.3 is 0 Å². The molecule has 2 aliphatic rings. The van der Waals surface area contributed by atoms with Gasteiger partial charge in [0.15, 0.2) is 0 Å². The fourth-order valence-electron chi connectivity index (χ4n) is 4.60. The first-order valence-electron chi connectivity index (χ1n) is 7.61. The molecule has 3 atom stereocenters. The third kappa shape index (κ3) is 2.10. The molecule has 2 bridgehead atoms. The second kappa shape index (κ2) is 4.42. The summed E-state index contributed by atoms with van der Waals surface area (Å²) in [5, 5.41) is 14.6. The van der Waals surface area contributed by atoms with E-state index in [1.165, 1.54) is 19.3 Å². The first-order chi connectivity index (χ1) is 9.74. The highest BCUT2D eigenvalue weighted by Crippen LogP contribution is 2.63. The molecule has 3 rings (SSSR count). The number of aromatic nitrogens is 1. The first kappa shape index (κ1) is 14.3. The number of anilines is 1. The molecule has 1 aromatic heterocycles. The summed E-state index contributed by atoms with van der Waals surface area (Å²) < 4.78 is 0. The highest BCUT2D eigenvalue weighted by molar-refractivity contribution is 5.50. The second-order valence-electron chi connectivity index (χ2n) is 7.61. The Labute approximate surface area is 125 Å². The highest BCUT2D eigenvalue weighted by atomic mass is 16.6. The van der Waals surface area contributed by atoms with Crippen LogP contribution in [0.3, 0.4) is 0 Å². The molecule has 0 saturated heterocycles. The Morgan fingerprint density at radius 3 is 2.71 bits per heavy atom. The Hall–Kier alpha value is -1.65. The predicted octanol–water partition coefficient (Wildman–Crippen LogP) is 3.92. The molecule has 5 nitrogen and oxygen atoms in total. The summed E-state index contributed by atoms with van der Waals surface area (Å²) >= 11 is 0. The van der Waals surface area contributed by atoms with Gasteiger partial charge in [0, 0.05) is 17.8 Å². The van der Waals surface area contributed by atoms with E-state index in [1.54, 1.807) is 19.2 Å². The number of nitrogens with one attached hydrogen (secondary N) is 1. The molecule has 1 heterocycles. The molecule has 21 heavy (non-hydrogen) atoms. The molecule has 2 aliphatic carbocycles. The lowest BCUT2D eigenvalue weighted by Gasteiger charge is -2.43. The SMILES string of the molecule is Cc1cnc(NC2C3(C)CCC(C3)C2(C)C)cc1[N+](=O)[O-]. The van der Waals surface area contributed by atoms with Gasteiger partial charge in [-0.15, -0.1) is 0 Å². The quantitative estimate of drug-likeness (QED) is 0.676. The Morgan fingerprint density at radius 2 is 2.14 bits per heavy atom. The molecule has 1 N–H and O–H groups in total. The van der Waals surface area contributed by atoms with Crippen LogP contribution in [0.25, 0.3) is 0 Å². The van der Waals surface area contributed by atoms with Gasteiger partial charge in [-0.2, -0.15) is 0 Å². The molecule has 3 unspecified atom stereocenters. The summed E-state index contributed by atoms with van der Waals surface area (Å²) in [5.74, 6) is 1.36. The number of pyridine rings is 1. The van der Waals surface area contributed by atoms with Crippen molar-refractivity contribution in [1.29, 1.82) is 0 Å². The van der Waals surface area contributed by atoms with Gasteiger partial charge in [-0.25, -0.2) is 4.98 Å². The summed E-state index contributed by atoms with van der Waals surface area (Å²) in [5.41, 5.74) is 1.21. The van der Waals surface area contributed by atoms with E-state index in [9.17, 15) is 10.1 Å². The lowest BCUT2D eigenvalue weighted by atomic mass is 9.68. The van der Waals surface area contributed by atoms with Crippen LogP contribution >= 0.6 is 0 Å². The Kier molecular flexibility index (Phi) is 3.01. The molecular weight excluding hydrogens is 266 g/mol. The van der Waals surface area contributed by atoms with Crippen molar-refractivity contribution in [3.63, 3.8) is 0 Å². The van der Waals surface area contributed by atoms with Gasteiger partial charge < -0.3 is 5.32 Å². The van der Waals surface area contributed by atoms with E-state index in [0.717, 1.165) is 5.92 Å². The normalized spacial score (nSPS) is 33.1. The Morgan fingerprint density at radius 1 is 1.43 bits per heavy atom.